The van der Waals surface area contributed by atoms with E-state index in [1.54, 1.807) is 43.6 Å². The van der Waals surface area contributed by atoms with Crippen LogP contribution in [-0.4, -0.2) is 21.6 Å². The topological polar surface area (TPSA) is 44.1 Å². The number of hydrogen-bond donors (Lipinski definition) is 0. The Hall–Kier alpha value is -1.81. The summed E-state index contributed by atoms with van der Waals surface area (Å²) < 4.78 is 6.88. The van der Waals surface area contributed by atoms with Crippen LogP contribution in [0.15, 0.2) is 43.0 Å². The van der Waals surface area contributed by atoms with Crippen LogP contribution in [0.3, 0.4) is 0 Å². The largest absolute Gasteiger partial charge is 0.479 e. The van der Waals surface area contributed by atoms with Crippen molar-refractivity contribution in [2.45, 2.75) is 13.0 Å². The van der Waals surface area contributed by atoms with Gasteiger partial charge in [-0.05, 0) is 19.1 Å². The second kappa shape index (κ2) is 5.01. The van der Waals surface area contributed by atoms with E-state index >= 15 is 0 Å². The van der Waals surface area contributed by atoms with E-state index in [0.717, 1.165) is 0 Å². The van der Waals surface area contributed by atoms with Crippen molar-refractivity contribution in [1.82, 2.24) is 9.55 Å². The SMILES string of the molecule is CC(Oc1ccccc1Cl)C(=O)n1ccnc1. The number of aromatic nitrogens is 2. The van der Waals surface area contributed by atoms with E-state index < -0.39 is 6.10 Å². The van der Waals surface area contributed by atoms with Gasteiger partial charge in [0.05, 0.1) is 5.02 Å². The second-order valence-electron chi connectivity index (χ2n) is 3.50. The second-order valence-corrected chi connectivity index (χ2v) is 3.91. The summed E-state index contributed by atoms with van der Waals surface area (Å²) in [5, 5.41) is 0.484. The first-order valence-corrected chi connectivity index (χ1v) is 5.49. The number of hydrogen-bond acceptors (Lipinski definition) is 3. The standard InChI is InChI=1S/C12H11ClN2O2/c1-9(12(16)15-7-6-14-8-15)17-11-5-3-2-4-10(11)13/h2-9H,1H3. The lowest BCUT2D eigenvalue weighted by molar-refractivity contribution is 0.0727. The highest BCUT2D eigenvalue weighted by molar-refractivity contribution is 6.32. The van der Waals surface area contributed by atoms with Crippen LogP contribution in [0.25, 0.3) is 0 Å². The molecule has 0 aliphatic heterocycles. The summed E-state index contributed by atoms with van der Waals surface area (Å²) in [6.45, 7) is 1.67. The molecular formula is C12H11ClN2O2. The summed E-state index contributed by atoms with van der Waals surface area (Å²) in [5.41, 5.74) is 0. The molecule has 0 spiro atoms. The molecule has 0 saturated heterocycles. The van der Waals surface area contributed by atoms with Gasteiger partial charge < -0.3 is 4.74 Å². The fraction of sp³-hybridized carbons (Fsp3) is 0.167. The Labute approximate surface area is 104 Å². The maximum atomic E-state index is 11.9. The lowest BCUT2D eigenvalue weighted by Gasteiger charge is -2.14. The Morgan fingerprint density at radius 1 is 1.47 bits per heavy atom. The summed E-state index contributed by atoms with van der Waals surface area (Å²) in [7, 11) is 0. The molecule has 1 aromatic heterocycles. The predicted molar refractivity (Wildman–Crippen MR) is 64.4 cm³/mol. The maximum Gasteiger partial charge on any atom is 0.272 e. The number of benzene rings is 1. The smallest absolute Gasteiger partial charge is 0.272 e. The zero-order valence-electron chi connectivity index (χ0n) is 9.21. The van der Waals surface area contributed by atoms with Crippen molar-refractivity contribution >= 4 is 17.5 Å². The first-order valence-electron chi connectivity index (χ1n) is 5.12. The van der Waals surface area contributed by atoms with Gasteiger partial charge in [0.25, 0.3) is 5.91 Å². The summed E-state index contributed by atoms with van der Waals surface area (Å²) >= 11 is 5.94. The lowest BCUT2D eigenvalue weighted by Crippen LogP contribution is -2.28. The molecule has 0 aliphatic rings. The average Bonchev–Trinajstić information content (AvgIpc) is 2.84. The Morgan fingerprint density at radius 3 is 2.88 bits per heavy atom. The zero-order valence-corrected chi connectivity index (χ0v) is 9.96. The summed E-state index contributed by atoms with van der Waals surface area (Å²) in [4.78, 5) is 15.7. The summed E-state index contributed by atoms with van der Waals surface area (Å²) in [5.74, 6) is 0.303. The van der Waals surface area contributed by atoms with Crippen LogP contribution < -0.4 is 4.74 Å². The highest BCUT2D eigenvalue weighted by Crippen LogP contribution is 2.24. The molecule has 4 nitrogen and oxygen atoms in total. The fourth-order valence-corrected chi connectivity index (χ4v) is 1.56. The zero-order chi connectivity index (χ0) is 12.3. The maximum absolute atomic E-state index is 11.9. The number of halogens is 1. The van der Waals surface area contributed by atoms with E-state index in [4.69, 9.17) is 16.3 Å². The summed E-state index contributed by atoms with van der Waals surface area (Å²) in [6.07, 6.45) is 3.94. The van der Waals surface area contributed by atoms with Crippen LogP contribution in [-0.2, 0) is 0 Å². The Kier molecular flexibility index (Phi) is 3.44. The van der Waals surface area contributed by atoms with Gasteiger partial charge in [-0.25, -0.2) is 4.98 Å². The average molecular weight is 251 g/mol. The molecule has 0 radical (unpaired) electrons. The minimum atomic E-state index is -0.621. The van der Waals surface area contributed by atoms with Crippen LogP contribution in [0.5, 0.6) is 5.75 Å². The molecule has 17 heavy (non-hydrogen) atoms. The molecular weight excluding hydrogens is 240 g/mol. The minimum absolute atomic E-state index is 0.192. The van der Waals surface area contributed by atoms with Crippen LogP contribution in [0, 0.1) is 0 Å². The molecule has 1 heterocycles. The van der Waals surface area contributed by atoms with Gasteiger partial charge in [0.15, 0.2) is 6.10 Å². The van der Waals surface area contributed by atoms with E-state index in [1.807, 2.05) is 0 Å². The number of nitrogens with zero attached hydrogens (tertiary/aromatic N) is 2. The van der Waals surface area contributed by atoms with Gasteiger partial charge in [0.1, 0.15) is 12.1 Å². The number of carbonyl (C=O) groups is 1. The van der Waals surface area contributed by atoms with E-state index in [2.05, 4.69) is 4.98 Å². The van der Waals surface area contributed by atoms with Crippen LogP contribution >= 0.6 is 11.6 Å². The van der Waals surface area contributed by atoms with Crippen molar-refractivity contribution in [3.63, 3.8) is 0 Å². The molecule has 1 unspecified atom stereocenters. The molecule has 2 rings (SSSR count). The van der Waals surface area contributed by atoms with Crippen LogP contribution in [0.4, 0.5) is 0 Å². The molecule has 0 N–H and O–H groups in total. The fourth-order valence-electron chi connectivity index (χ4n) is 1.38. The Morgan fingerprint density at radius 2 is 2.24 bits per heavy atom. The van der Waals surface area contributed by atoms with E-state index in [1.165, 1.54) is 10.9 Å². The number of rotatable bonds is 3. The van der Waals surface area contributed by atoms with Crippen molar-refractivity contribution in [2.75, 3.05) is 0 Å². The Balaban J connectivity index is 2.10. The van der Waals surface area contributed by atoms with Crippen molar-refractivity contribution in [2.24, 2.45) is 0 Å². The number of ether oxygens (including phenoxy) is 1. The molecule has 0 fully saturated rings. The van der Waals surface area contributed by atoms with Crippen molar-refractivity contribution in [1.29, 1.82) is 0 Å². The molecule has 88 valence electrons. The first kappa shape index (κ1) is 11.7. The van der Waals surface area contributed by atoms with Crippen molar-refractivity contribution in [3.05, 3.63) is 48.0 Å². The van der Waals surface area contributed by atoms with Gasteiger partial charge in [-0.3, -0.25) is 9.36 Å². The third-order valence-corrected chi connectivity index (χ3v) is 2.56. The lowest BCUT2D eigenvalue weighted by atomic mass is 10.3. The molecule has 2 aromatic rings. The first-order chi connectivity index (χ1) is 8.18. The quantitative estimate of drug-likeness (QED) is 0.841. The third-order valence-electron chi connectivity index (χ3n) is 2.25. The molecule has 0 saturated carbocycles. The summed E-state index contributed by atoms with van der Waals surface area (Å²) in [6, 6.07) is 7.04. The monoisotopic (exact) mass is 250 g/mol. The van der Waals surface area contributed by atoms with Gasteiger partial charge in [-0.2, -0.15) is 0 Å². The highest BCUT2D eigenvalue weighted by Gasteiger charge is 2.17. The van der Waals surface area contributed by atoms with Gasteiger partial charge >= 0.3 is 0 Å². The molecule has 0 amide bonds. The number of para-hydroxylation sites is 1. The van der Waals surface area contributed by atoms with Crippen molar-refractivity contribution in [3.8, 4) is 5.75 Å². The van der Waals surface area contributed by atoms with Gasteiger partial charge in [-0.15, -0.1) is 0 Å². The van der Waals surface area contributed by atoms with E-state index in [-0.39, 0.29) is 5.91 Å². The number of carbonyl (C=O) groups excluding carboxylic acids is 1. The third kappa shape index (κ3) is 2.65. The molecule has 1 aromatic carbocycles. The van der Waals surface area contributed by atoms with Gasteiger partial charge in [0, 0.05) is 12.4 Å². The highest BCUT2D eigenvalue weighted by atomic mass is 35.5. The molecule has 1 atom stereocenters. The molecule has 5 heteroatoms. The molecule has 0 aliphatic carbocycles. The van der Waals surface area contributed by atoms with Gasteiger partial charge in [0.2, 0.25) is 0 Å². The normalized spacial score (nSPS) is 12.1. The van der Waals surface area contributed by atoms with Crippen LogP contribution in [0.2, 0.25) is 5.02 Å². The van der Waals surface area contributed by atoms with E-state index in [0.29, 0.717) is 10.8 Å². The van der Waals surface area contributed by atoms with E-state index in [9.17, 15) is 4.79 Å². The minimum Gasteiger partial charge on any atom is -0.479 e. The van der Waals surface area contributed by atoms with Gasteiger partial charge in [-0.1, -0.05) is 23.7 Å². The number of imidazole rings is 1. The molecule has 0 bridgehead atoms. The Bertz CT molecular complexity index is 511. The predicted octanol–water partition coefficient (Wildman–Crippen LogP) is 2.64. The van der Waals surface area contributed by atoms with Crippen molar-refractivity contribution < 1.29 is 9.53 Å². The van der Waals surface area contributed by atoms with Crippen LogP contribution in [0.1, 0.15) is 11.7 Å².